The molecule has 0 bridgehead atoms. The van der Waals surface area contributed by atoms with Gasteiger partial charge in [-0.1, -0.05) is 75.4 Å². The van der Waals surface area contributed by atoms with Gasteiger partial charge in [-0.2, -0.15) is 0 Å². The fourth-order valence-electron chi connectivity index (χ4n) is 5.15. The molecule has 0 saturated heterocycles. The monoisotopic (exact) mass is 483 g/mol. The van der Waals surface area contributed by atoms with Crippen molar-refractivity contribution in [2.45, 2.75) is 27.1 Å². The van der Waals surface area contributed by atoms with Crippen molar-refractivity contribution in [2.75, 3.05) is 0 Å². The summed E-state index contributed by atoms with van der Waals surface area (Å²) < 4.78 is 29.7. The average Bonchev–Trinajstić information content (AvgIpc) is 3.48. The van der Waals surface area contributed by atoms with E-state index in [0.717, 1.165) is 66.3 Å². The smallest absolute Gasteiger partial charge is 0.144 e. The van der Waals surface area contributed by atoms with E-state index in [2.05, 4.69) is 24.3 Å². The van der Waals surface area contributed by atoms with Gasteiger partial charge in [-0.15, -0.1) is 0 Å². The first-order valence-electron chi connectivity index (χ1n) is 13.5. The molecule has 7 aromatic rings. The predicted octanol–water partition coefficient (Wildman–Crippen LogP) is 9.80. The summed E-state index contributed by atoms with van der Waals surface area (Å²) in [6.45, 7) is 5.77. The van der Waals surface area contributed by atoms with Gasteiger partial charge in [-0.05, 0) is 58.8 Å². The first-order chi connectivity index (χ1) is 18.7. The summed E-state index contributed by atoms with van der Waals surface area (Å²) in [6, 6.07) is 30.2. The second-order valence-corrected chi connectivity index (χ2v) is 10.6. The summed E-state index contributed by atoms with van der Waals surface area (Å²) in [5.74, 6) is 0. The van der Waals surface area contributed by atoms with Crippen LogP contribution < -0.4 is 0 Å². The Morgan fingerprint density at radius 3 is 2.27 bits per heavy atom. The van der Waals surface area contributed by atoms with Gasteiger partial charge in [-0.25, -0.2) is 0 Å². The standard InChI is InChI=1S/C34H27NO2/c1-34(2,3)20-21-11-13-22(14-12-21)23-15-16-35-29(17-23)26-9-6-8-25-28-18-27-24-7-4-5-10-30(24)36-31(27)19-32(28)37-33(25)26/h4-19H,20H2,1-3H3/i20D2. The highest BCUT2D eigenvalue weighted by atomic mass is 16.3. The van der Waals surface area contributed by atoms with Gasteiger partial charge in [0.15, 0.2) is 0 Å². The highest BCUT2D eigenvalue weighted by Crippen LogP contribution is 2.40. The maximum Gasteiger partial charge on any atom is 0.144 e. The molecule has 0 atom stereocenters. The molecule has 3 aromatic heterocycles. The molecule has 180 valence electrons. The van der Waals surface area contributed by atoms with Crippen molar-refractivity contribution >= 4 is 43.9 Å². The summed E-state index contributed by atoms with van der Waals surface area (Å²) in [7, 11) is 0. The van der Waals surface area contributed by atoms with Gasteiger partial charge < -0.3 is 8.83 Å². The van der Waals surface area contributed by atoms with E-state index in [9.17, 15) is 0 Å². The van der Waals surface area contributed by atoms with E-state index in [1.807, 2.05) is 93.7 Å². The summed E-state index contributed by atoms with van der Waals surface area (Å²) in [4.78, 5) is 4.69. The molecule has 0 aliphatic heterocycles. The van der Waals surface area contributed by atoms with Crippen molar-refractivity contribution in [1.29, 1.82) is 0 Å². The van der Waals surface area contributed by atoms with Crippen molar-refractivity contribution in [1.82, 2.24) is 4.98 Å². The Balaban J connectivity index is 1.32. The first kappa shape index (κ1) is 19.8. The van der Waals surface area contributed by atoms with Gasteiger partial charge >= 0.3 is 0 Å². The van der Waals surface area contributed by atoms with Crippen LogP contribution in [0.15, 0.2) is 106 Å². The Bertz CT molecular complexity index is 2030. The van der Waals surface area contributed by atoms with Crippen LogP contribution in [0.3, 0.4) is 0 Å². The predicted molar refractivity (Wildman–Crippen MR) is 153 cm³/mol. The topological polar surface area (TPSA) is 39.2 Å². The van der Waals surface area contributed by atoms with Crippen LogP contribution >= 0.6 is 0 Å². The third-order valence-corrected chi connectivity index (χ3v) is 6.77. The van der Waals surface area contributed by atoms with E-state index in [0.29, 0.717) is 5.56 Å². The number of pyridine rings is 1. The minimum Gasteiger partial charge on any atom is -0.456 e. The number of nitrogens with zero attached hydrogens (tertiary/aromatic N) is 1. The first-order valence-corrected chi connectivity index (χ1v) is 12.5. The van der Waals surface area contributed by atoms with E-state index in [-0.39, 0.29) is 0 Å². The zero-order valence-electron chi connectivity index (χ0n) is 23.0. The molecule has 37 heavy (non-hydrogen) atoms. The lowest BCUT2D eigenvalue weighted by Gasteiger charge is -2.18. The summed E-state index contributed by atoms with van der Waals surface area (Å²) in [6.07, 6.45) is 0.382. The van der Waals surface area contributed by atoms with E-state index < -0.39 is 11.8 Å². The second-order valence-electron chi connectivity index (χ2n) is 10.6. The van der Waals surface area contributed by atoms with Gasteiger partial charge in [0.2, 0.25) is 0 Å². The van der Waals surface area contributed by atoms with E-state index in [4.69, 9.17) is 16.6 Å². The molecular weight excluding hydrogens is 454 g/mol. The number of benzene rings is 4. The van der Waals surface area contributed by atoms with Crippen LogP contribution in [-0.4, -0.2) is 4.98 Å². The lowest BCUT2D eigenvalue weighted by Crippen LogP contribution is -2.08. The van der Waals surface area contributed by atoms with Gasteiger partial charge in [0.1, 0.15) is 22.3 Å². The lowest BCUT2D eigenvalue weighted by molar-refractivity contribution is 0.411. The van der Waals surface area contributed by atoms with E-state index in [1.165, 1.54) is 0 Å². The number of aromatic nitrogens is 1. The van der Waals surface area contributed by atoms with Crippen LogP contribution in [0.5, 0.6) is 0 Å². The Labute approximate surface area is 218 Å². The molecule has 0 spiro atoms. The molecule has 3 heteroatoms. The molecule has 3 heterocycles. The van der Waals surface area contributed by atoms with Crippen molar-refractivity contribution in [3.8, 4) is 22.4 Å². The van der Waals surface area contributed by atoms with Gasteiger partial charge in [0, 0.05) is 42.1 Å². The fraction of sp³-hybridized carbons (Fsp3) is 0.147. The maximum absolute atomic E-state index is 8.58. The molecule has 0 amide bonds. The highest BCUT2D eigenvalue weighted by Gasteiger charge is 2.17. The maximum atomic E-state index is 8.58. The molecule has 0 saturated carbocycles. The molecule has 0 radical (unpaired) electrons. The average molecular weight is 484 g/mol. The number of hydrogen-bond donors (Lipinski definition) is 0. The van der Waals surface area contributed by atoms with Crippen LogP contribution in [0.1, 0.15) is 29.1 Å². The second kappa shape index (κ2) is 8.07. The number of para-hydroxylation sites is 2. The van der Waals surface area contributed by atoms with Crippen LogP contribution in [0.25, 0.3) is 66.3 Å². The van der Waals surface area contributed by atoms with Crippen LogP contribution in [0, 0.1) is 5.41 Å². The van der Waals surface area contributed by atoms with Crippen LogP contribution in [0.4, 0.5) is 0 Å². The van der Waals surface area contributed by atoms with Gasteiger partial charge in [0.25, 0.3) is 0 Å². The summed E-state index contributed by atoms with van der Waals surface area (Å²) in [5.41, 5.74) is 7.20. The molecule has 3 nitrogen and oxygen atoms in total. The van der Waals surface area contributed by atoms with E-state index >= 15 is 0 Å². The van der Waals surface area contributed by atoms with Gasteiger partial charge in [0.05, 0.1) is 5.69 Å². The third kappa shape index (κ3) is 3.79. The van der Waals surface area contributed by atoms with Crippen LogP contribution in [0.2, 0.25) is 0 Å². The number of furan rings is 2. The molecule has 0 aliphatic rings. The number of hydrogen-bond acceptors (Lipinski definition) is 3. The highest BCUT2D eigenvalue weighted by molar-refractivity contribution is 6.16. The minimum absolute atomic E-state index is 0.501. The van der Waals surface area contributed by atoms with Gasteiger partial charge in [-0.3, -0.25) is 4.98 Å². The quantitative estimate of drug-likeness (QED) is 0.251. The third-order valence-electron chi connectivity index (χ3n) is 6.77. The SMILES string of the molecule is [2H]C([2H])(c1ccc(-c2ccnc(-c3cccc4c3oc3cc5oc6ccccc6c5cc34)c2)cc1)C(C)(C)C. The molecule has 0 N–H and O–H groups in total. The number of fused-ring (bicyclic) bond motifs is 6. The summed E-state index contributed by atoms with van der Waals surface area (Å²) in [5, 5.41) is 4.25. The molecule has 4 aromatic carbocycles. The fourth-order valence-corrected chi connectivity index (χ4v) is 5.15. The van der Waals surface area contributed by atoms with Crippen molar-refractivity contribution < 1.29 is 11.6 Å². The Morgan fingerprint density at radius 2 is 1.43 bits per heavy atom. The Morgan fingerprint density at radius 1 is 0.676 bits per heavy atom. The molecular formula is C34H27NO2. The van der Waals surface area contributed by atoms with Crippen LogP contribution in [-0.2, 0) is 6.37 Å². The number of rotatable bonds is 3. The van der Waals surface area contributed by atoms with Crippen molar-refractivity contribution in [3.63, 3.8) is 0 Å². The zero-order chi connectivity index (χ0) is 26.9. The largest absolute Gasteiger partial charge is 0.456 e. The van der Waals surface area contributed by atoms with Crippen molar-refractivity contribution in [2.24, 2.45) is 5.41 Å². The summed E-state index contributed by atoms with van der Waals surface area (Å²) >= 11 is 0. The molecule has 0 aliphatic carbocycles. The minimum atomic E-state index is -1.43. The molecule has 0 unspecified atom stereocenters. The Kier molecular flexibility index (Phi) is 4.31. The normalized spacial score (nSPS) is 13.5. The Hall–Kier alpha value is -4.37. The van der Waals surface area contributed by atoms with Crippen molar-refractivity contribution in [3.05, 3.63) is 103 Å². The lowest BCUT2D eigenvalue weighted by atomic mass is 9.87. The molecule has 7 rings (SSSR count). The molecule has 0 fully saturated rings. The zero-order valence-corrected chi connectivity index (χ0v) is 21.0. The van der Waals surface area contributed by atoms with E-state index in [1.54, 1.807) is 0 Å².